The van der Waals surface area contributed by atoms with Crippen LogP contribution in [-0.4, -0.2) is 48.9 Å². The summed E-state index contributed by atoms with van der Waals surface area (Å²) in [6, 6.07) is 0. The third-order valence-electron chi connectivity index (χ3n) is 0.182. The van der Waals surface area contributed by atoms with E-state index in [4.69, 9.17) is 16.7 Å². The molecule has 0 heterocycles. The summed E-state index contributed by atoms with van der Waals surface area (Å²) in [6.07, 6.45) is -0.475. The van der Waals surface area contributed by atoms with Crippen molar-refractivity contribution in [3.63, 3.8) is 0 Å². The molecule has 1 unspecified atom stereocenters. The zero-order chi connectivity index (χ0) is 4.28. The second kappa shape index (κ2) is 6.51. The standard InChI is InChI=1S/C3H6ClO.Ca.2H/c1-3(5)2-4;;;/h2-3,5H,1H3;;;. The maximum absolute atomic E-state index is 8.17. The molecule has 0 saturated heterocycles. The van der Waals surface area contributed by atoms with Crippen molar-refractivity contribution in [2.24, 2.45) is 0 Å². The molecule has 1 atom stereocenters. The van der Waals surface area contributed by atoms with Gasteiger partial charge >= 0.3 is 37.7 Å². The van der Waals surface area contributed by atoms with Gasteiger partial charge in [-0.05, 0) is 6.92 Å². The predicted octanol–water partition coefficient (Wildman–Crippen LogP) is -0.148. The van der Waals surface area contributed by atoms with E-state index in [1.165, 1.54) is 5.88 Å². The molecule has 3 heteroatoms. The fraction of sp³-hybridized carbons (Fsp3) is 0.667. The second-order valence-electron chi connectivity index (χ2n) is 0.867. The van der Waals surface area contributed by atoms with Crippen LogP contribution in [0.25, 0.3) is 0 Å². The number of halogens is 1. The molecule has 0 rings (SSSR count). The fourth-order valence-corrected chi connectivity index (χ4v) is 0. The Morgan fingerprint density at radius 3 is 2.00 bits per heavy atom. The van der Waals surface area contributed by atoms with Gasteiger partial charge in [0.15, 0.2) is 0 Å². The molecule has 0 aliphatic rings. The third-order valence-corrected chi connectivity index (χ3v) is 0.547. The minimum atomic E-state index is -0.475. The molecule has 0 aliphatic carbocycles. The van der Waals surface area contributed by atoms with E-state index < -0.39 is 6.10 Å². The van der Waals surface area contributed by atoms with Gasteiger partial charge < -0.3 is 5.11 Å². The molecule has 0 aromatic rings. The van der Waals surface area contributed by atoms with Crippen LogP contribution >= 0.6 is 11.6 Å². The second-order valence-corrected chi connectivity index (χ2v) is 1.12. The van der Waals surface area contributed by atoms with Crippen LogP contribution in [0.4, 0.5) is 0 Å². The van der Waals surface area contributed by atoms with Crippen LogP contribution in [0, 0.1) is 5.88 Å². The first kappa shape index (κ1) is 10.5. The molecular weight excluding hydrogens is 128 g/mol. The van der Waals surface area contributed by atoms with Gasteiger partial charge in [0.05, 0.1) is 12.0 Å². The van der Waals surface area contributed by atoms with Gasteiger partial charge in [0.2, 0.25) is 0 Å². The SMILES string of the molecule is CC(O)[CH]Cl.[CaH2]. The number of aliphatic hydroxyl groups is 1. The first-order chi connectivity index (χ1) is 2.27. The minimum absolute atomic E-state index is 0. The molecule has 0 aromatic carbocycles. The zero-order valence-electron chi connectivity index (χ0n) is 2.98. The molecule has 0 fully saturated rings. The number of aliphatic hydroxyl groups excluding tert-OH is 1. The van der Waals surface area contributed by atoms with Crippen molar-refractivity contribution in [3.8, 4) is 0 Å². The summed E-state index contributed by atoms with van der Waals surface area (Å²) in [6.45, 7) is 1.59. The summed E-state index contributed by atoms with van der Waals surface area (Å²) in [4.78, 5) is 0. The van der Waals surface area contributed by atoms with Crippen LogP contribution in [0.5, 0.6) is 0 Å². The van der Waals surface area contributed by atoms with Crippen LogP contribution in [0.15, 0.2) is 0 Å². The van der Waals surface area contributed by atoms with Gasteiger partial charge in [0.1, 0.15) is 0 Å². The number of hydrogen-bond acceptors (Lipinski definition) is 1. The molecule has 0 saturated carbocycles. The summed E-state index contributed by atoms with van der Waals surface area (Å²) in [5, 5.41) is 8.17. The van der Waals surface area contributed by atoms with Crippen molar-refractivity contribution in [2.75, 3.05) is 0 Å². The quantitative estimate of drug-likeness (QED) is 0.496. The molecule has 1 N–H and O–H groups in total. The first-order valence-electron chi connectivity index (χ1n) is 1.39. The summed E-state index contributed by atoms with van der Waals surface area (Å²) in [5.74, 6) is 1.19. The van der Waals surface area contributed by atoms with E-state index >= 15 is 0 Å². The maximum atomic E-state index is 8.17. The fourth-order valence-electron chi connectivity index (χ4n) is 0. The van der Waals surface area contributed by atoms with Crippen molar-refractivity contribution in [1.29, 1.82) is 0 Å². The Morgan fingerprint density at radius 1 is 1.83 bits per heavy atom. The Balaban J connectivity index is 0. The van der Waals surface area contributed by atoms with Gasteiger partial charge in [-0.25, -0.2) is 0 Å². The normalized spacial score (nSPS) is 12.5. The van der Waals surface area contributed by atoms with Gasteiger partial charge in [-0.3, -0.25) is 0 Å². The van der Waals surface area contributed by atoms with Crippen molar-refractivity contribution >= 4 is 49.3 Å². The van der Waals surface area contributed by atoms with Crippen molar-refractivity contribution in [3.05, 3.63) is 5.88 Å². The van der Waals surface area contributed by atoms with E-state index in [9.17, 15) is 0 Å². The van der Waals surface area contributed by atoms with E-state index in [0.29, 0.717) is 0 Å². The summed E-state index contributed by atoms with van der Waals surface area (Å²) >= 11 is 4.96. The topological polar surface area (TPSA) is 20.2 Å². The Kier molecular flexibility index (Phi) is 11.4. The summed E-state index contributed by atoms with van der Waals surface area (Å²) < 4.78 is 0. The van der Waals surface area contributed by atoms with Crippen LogP contribution < -0.4 is 0 Å². The van der Waals surface area contributed by atoms with E-state index in [1.54, 1.807) is 6.92 Å². The van der Waals surface area contributed by atoms with Crippen LogP contribution in [0.3, 0.4) is 0 Å². The molecule has 0 bridgehead atoms. The van der Waals surface area contributed by atoms with Gasteiger partial charge in [-0.1, -0.05) is 0 Å². The average Bonchev–Trinajstić information content (AvgIpc) is 1.38. The Bertz CT molecular complexity index is 24.8. The Labute approximate surface area is 72.7 Å². The monoisotopic (exact) mass is 135 g/mol. The summed E-state index contributed by atoms with van der Waals surface area (Å²) in [5.41, 5.74) is 0. The molecule has 35 valence electrons. The molecule has 0 spiro atoms. The van der Waals surface area contributed by atoms with Crippen molar-refractivity contribution in [1.82, 2.24) is 0 Å². The number of rotatable bonds is 1. The molecule has 0 aliphatic heterocycles. The van der Waals surface area contributed by atoms with Crippen molar-refractivity contribution in [2.45, 2.75) is 13.0 Å². The number of hydrogen-bond donors (Lipinski definition) is 1. The Morgan fingerprint density at radius 2 is 2.00 bits per heavy atom. The molecule has 0 amide bonds. The van der Waals surface area contributed by atoms with E-state index in [1.807, 2.05) is 0 Å². The Hall–Kier alpha value is 1.51. The van der Waals surface area contributed by atoms with Crippen molar-refractivity contribution < 1.29 is 5.11 Å². The molecular formula is C3H8CaClO. The molecule has 0 aromatic heterocycles. The third kappa shape index (κ3) is 9.10. The van der Waals surface area contributed by atoms with Gasteiger partial charge in [0.25, 0.3) is 0 Å². The van der Waals surface area contributed by atoms with Gasteiger partial charge in [-0.15, -0.1) is 11.6 Å². The van der Waals surface area contributed by atoms with Gasteiger partial charge in [0, 0.05) is 0 Å². The average molecular weight is 136 g/mol. The zero-order valence-corrected chi connectivity index (χ0v) is 3.74. The van der Waals surface area contributed by atoms with E-state index in [-0.39, 0.29) is 37.7 Å². The van der Waals surface area contributed by atoms with Crippen LogP contribution in [0.2, 0.25) is 0 Å². The molecule has 6 heavy (non-hydrogen) atoms. The molecule has 1 nitrogen and oxygen atoms in total. The van der Waals surface area contributed by atoms with E-state index in [2.05, 4.69) is 0 Å². The van der Waals surface area contributed by atoms with Gasteiger partial charge in [-0.2, -0.15) is 0 Å². The predicted molar refractivity (Wildman–Crippen MR) is 30.4 cm³/mol. The molecule has 1 radical (unpaired) electrons. The van der Waals surface area contributed by atoms with E-state index in [0.717, 1.165) is 0 Å². The first-order valence-corrected chi connectivity index (χ1v) is 1.82. The van der Waals surface area contributed by atoms with Crippen LogP contribution in [-0.2, 0) is 0 Å². The van der Waals surface area contributed by atoms with Crippen LogP contribution in [0.1, 0.15) is 6.92 Å². The summed E-state index contributed by atoms with van der Waals surface area (Å²) in [7, 11) is 0.